The molecule has 0 spiro atoms. The standard InChI is InChI=1S/C20H20BrCl2N2S/c1-12(13-4-5-16(22)17(23)11-13)15-10-14(18(24)25)6-8-19(15,2)20(21)7-3-9-26-20/h3-6,8-12,15H,2,7H2,1H3,(H3,24,25). The lowest BCUT2D eigenvalue weighted by Crippen LogP contribution is -2.44. The van der Waals surface area contributed by atoms with Crippen LogP contribution < -0.4 is 5.73 Å². The van der Waals surface area contributed by atoms with Crippen LogP contribution in [0.2, 0.25) is 10.0 Å². The fraction of sp³-hybridized carbons (Fsp3) is 0.300. The molecule has 0 amide bonds. The normalized spacial score (nSPS) is 31.7. The number of allylic oxidation sites excluding steroid dienone is 3. The van der Waals surface area contributed by atoms with Crippen molar-refractivity contribution in [3.63, 3.8) is 0 Å². The van der Waals surface area contributed by atoms with E-state index in [4.69, 9.17) is 34.3 Å². The molecule has 2 nitrogen and oxygen atoms in total. The van der Waals surface area contributed by atoms with Crippen molar-refractivity contribution in [1.82, 2.24) is 0 Å². The fourth-order valence-corrected chi connectivity index (χ4v) is 5.83. The topological polar surface area (TPSA) is 49.9 Å². The molecule has 137 valence electrons. The van der Waals surface area contributed by atoms with Gasteiger partial charge in [0, 0.05) is 11.0 Å². The molecule has 4 atom stereocenters. The number of thioether (sulfide) groups is 1. The van der Waals surface area contributed by atoms with E-state index in [2.05, 4.69) is 53.4 Å². The minimum Gasteiger partial charge on any atom is -0.384 e. The first-order valence-corrected chi connectivity index (χ1v) is 10.7. The Hall–Kier alpha value is -0.680. The number of halogens is 3. The summed E-state index contributed by atoms with van der Waals surface area (Å²) in [5.74, 6) is 0.197. The minimum absolute atomic E-state index is 0.0235. The van der Waals surface area contributed by atoms with Gasteiger partial charge >= 0.3 is 0 Å². The fourth-order valence-electron chi connectivity index (χ4n) is 3.60. The Kier molecular flexibility index (Phi) is 5.70. The van der Waals surface area contributed by atoms with Gasteiger partial charge in [-0.2, -0.15) is 0 Å². The molecule has 1 aliphatic carbocycles. The van der Waals surface area contributed by atoms with Crippen molar-refractivity contribution < 1.29 is 0 Å². The molecule has 1 heterocycles. The van der Waals surface area contributed by atoms with Crippen molar-refractivity contribution in [3.05, 3.63) is 76.0 Å². The average Bonchev–Trinajstić information content (AvgIpc) is 3.05. The van der Waals surface area contributed by atoms with Crippen LogP contribution >= 0.6 is 50.9 Å². The lowest BCUT2D eigenvalue weighted by molar-refractivity contribution is 0.286. The largest absolute Gasteiger partial charge is 0.384 e. The van der Waals surface area contributed by atoms with Gasteiger partial charge in [-0.3, -0.25) is 5.41 Å². The monoisotopic (exact) mass is 469 g/mol. The molecule has 0 saturated carbocycles. The molecule has 0 bridgehead atoms. The maximum absolute atomic E-state index is 7.84. The SMILES string of the molecule is [CH2]C1(C2(Br)CC=CS2)C=CC(C(=N)N)=CC1C(C)c1ccc(Cl)c(Cl)c1. The molecule has 3 N–H and O–H groups in total. The Labute approximate surface area is 177 Å². The zero-order valence-electron chi connectivity index (χ0n) is 14.3. The Balaban J connectivity index is 2.06. The molecule has 4 unspecified atom stereocenters. The first kappa shape index (κ1) is 20.1. The van der Waals surface area contributed by atoms with E-state index in [-0.39, 0.29) is 21.3 Å². The molecular weight excluding hydrogens is 451 g/mol. The third kappa shape index (κ3) is 3.42. The van der Waals surface area contributed by atoms with Crippen molar-refractivity contribution in [2.24, 2.45) is 17.1 Å². The molecule has 1 aliphatic heterocycles. The molecule has 0 saturated heterocycles. The van der Waals surface area contributed by atoms with Crippen LogP contribution in [0, 0.1) is 23.7 Å². The third-order valence-corrected chi connectivity index (χ3v) is 8.87. The number of nitrogens with one attached hydrogen (secondary N) is 1. The number of amidine groups is 1. The molecule has 2 aliphatic rings. The van der Waals surface area contributed by atoms with E-state index < -0.39 is 5.41 Å². The van der Waals surface area contributed by atoms with E-state index in [1.165, 1.54) is 0 Å². The highest BCUT2D eigenvalue weighted by Gasteiger charge is 2.52. The lowest BCUT2D eigenvalue weighted by Gasteiger charge is -2.48. The summed E-state index contributed by atoms with van der Waals surface area (Å²) in [6, 6.07) is 5.74. The predicted molar refractivity (Wildman–Crippen MR) is 118 cm³/mol. The van der Waals surface area contributed by atoms with Gasteiger partial charge in [0.05, 0.1) is 13.7 Å². The second-order valence-corrected chi connectivity index (χ2v) is 10.7. The van der Waals surface area contributed by atoms with Gasteiger partial charge in [-0.05, 0) is 48.3 Å². The lowest BCUT2D eigenvalue weighted by atomic mass is 9.64. The third-order valence-electron chi connectivity index (χ3n) is 5.26. The molecule has 1 radical (unpaired) electrons. The zero-order valence-corrected chi connectivity index (χ0v) is 18.2. The van der Waals surface area contributed by atoms with E-state index in [9.17, 15) is 0 Å². The maximum Gasteiger partial charge on any atom is 0.122 e. The van der Waals surface area contributed by atoms with Gasteiger partial charge in [0.2, 0.25) is 0 Å². The minimum atomic E-state index is -0.425. The quantitative estimate of drug-likeness (QED) is 0.292. The summed E-state index contributed by atoms with van der Waals surface area (Å²) < 4.78 is -0.246. The van der Waals surface area contributed by atoms with Crippen molar-refractivity contribution >= 4 is 56.7 Å². The van der Waals surface area contributed by atoms with Crippen molar-refractivity contribution in [1.29, 1.82) is 5.41 Å². The van der Waals surface area contributed by atoms with E-state index in [1.807, 2.05) is 24.3 Å². The van der Waals surface area contributed by atoms with Gasteiger partial charge < -0.3 is 5.73 Å². The first-order valence-electron chi connectivity index (χ1n) is 8.25. The summed E-state index contributed by atoms with van der Waals surface area (Å²) in [6.45, 7) is 6.79. The highest BCUT2D eigenvalue weighted by molar-refractivity contribution is 9.12. The summed E-state index contributed by atoms with van der Waals surface area (Å²) >= 11 is 18.0. The highest BCUT2D eigenvalue weighted by Crippen LogP contribution is 2.61. The van der Waals surface area contributed by atoms with Gasteiger partial charge in [-0.1, -0.05) is 76.4 Å². The molecule has 1 aromatic rings. The smallest absolute Gasteiger partial charge is 0.122 e. The molecule has 1 aromatic carbocycles. The van der Waals surface area contributed by atoms with Crippen molar-refractivity contribution in [2.75, 3.05) is 0 Å². The zero-order chi connectivity index (χ0) is 19.1. The number of alkyl halides is 1. The number of benzene rings is 1. The van der Waals surface area contributed by atoms with Gasteiger partial charge in [-0.15, -0.1) is 11.8 Å². The van der Waals surface area contributed by atoms with Gasteiger partial charge in [-0.25, -0.2) is 0 Å². The summed E-state index contributed by atoms with van der Waals surface area (Å²) in [5.41, 5.74) is 7.15. The van der Waals surface area contributed by atoms with Crippen LogP contribution in [0.25, 0.3) is 0 Å². The molecule has 0 fully saturated rings. The summed E-state index contributed by atoms with van der Waals surface area (Å²) in [5, 5.41) is 11.0. The van der Waals surface area contributed by atoms with Crippen LogP contribution in [0.3, 0.4) is 0 Å². The second kappa shape index (κ2) is 7.38. The summed E-state index contributed by atoms with van der Waals surface area (Å²) in [7, 11) is 0. The Morgan fingerprint density at radius 2 is 2.15 bits per heavy atom. The molecule has 3 rings (SSSR count). The van der Waals surface area contributed by atoms with E-state index in [1.54, 1.807) is 11.8 Å². The number of hydrogen-bond acceptors (Lipinski definition) is 2. The van der Waals surface area contributed by atoms with E-state index in [0.29, 0.717) is 10.0 Å². The number of nitrogens with two attached hydrogens (primary N) is 1. The number of rotatable bonds is 4. The Morgan fingerprint density at radius 1 is 1.42 bits per heavy atom. The van der Waals surface area contributed by atoms with Crippen LogP contribution in [0.1, 0.15) is 24.8 Å². The Morgan fingerprint density at radius 3 is 2.73 bits per heavy atom. The van der Waals surface area contributed by atoms with Crippen LogP contribution in [-0.2, 0) is 0 Å². The van der Waals surface area contributed by atoms with Gasteiger partial charge in [0.15, 0.2) is 0 Å². The van der Waals surface area contributed by atoms with Crippen LogP contribution in [0.5, 0.6) is 0 Å². The average molecular weight is 471 g/mol. The van der Waals surface area contributed by atoms with Gasteiger partial charge in [0.1, 0.15) is 5.84 Å². The summed E-state index contributed by atoms with van der Waals surface area (Å²) in [6.07, 6.45) is 9.11. The predicted octanol–water partition coefficient (Wildman–Crippen LogP) is 6.71. The highest BCUT2D eigenvalue weighted by atomic mass is 79.9. The first-order chi connectivity index (χ1) is 12.2. The molecule has 6 heteroatoms. The van der Waals surface area contributed by atoms with Gasteiger partial charge in [0.25, 0.3) is 0 Å². The molecule has 0 aromatic heterocycles. The van der Waals surface area contributed by atoms with E-state index in [0.717, 1.165) is 17.6 Å². The maximum atomic E-state index is 7.84. The van der Waals surface area contributed by atoms with Crippen molar-refractivity contribution in [3.8, 4) is 0 Å². The number of hydrogen-bond donors (Lipinski definition) is 2. The van der Waals surface area contributed by atoms with Crippen molar-refractivity contribution in [2.45, 2.75) is 22.9 Å². The van der Waals surface area contributed by atoms with Crippen LogP contribution in [0.15, 0.2) is 53.5 Å². The van der Waals surface area contributed by atoms with E-state index >= 15 is 0 Å². The van der Waals surface area contributed by atoms with Crippen LogP contribution in [0.4, 0.5) is 0 Å². The van der Waals surface area contributed by atoms with Crippen LogP contribution in [-0.4, -0.2) is 9.49 Å². The molecular formula is C20H20BrCl2N2S. The second-order valence-electron chi connectivity index (χ2n) is 6.82. The molecule has 26 heavy (non-hydrogen) atoms. The Bertz CT molecular complexity index is 825. The summed E-state index contributed by atoms with van der Waals surface area (Å²) in [4.78, 5) is 0.